The Morgan fingerprint density at radius 3 is 2.65 bits per heavy atom. The number of nitrogens with one attached hydrogen (secondary N) is 4. The van der Waals surface area contributed by atoms with Crippen LogP contribution in [0.3, 0.4) is 0 Å². The van der Waals surface area contributed by atoms with Gasteiger partial charge in [-0.1, -0.05) is 44.5 Å². The van der Waals surface area contributed by atoms with E-state index in [1.54, 1.807) is 24.3 Å². The Kier molecular flexibility index (Phi) is 5.70. The highest BCUT2D eigenvalue weighted by molar-refractivity contribution is 6.10. The lowest BCUT2D eigenvalue weighted by Gasteiger charge is -2.23. The molecule has 1 aliphatic rings. The Hall–Kier alpha value is -3.68. The highest BCUT2D eigenvalue weighted by Gasteiger charge is 2.31. The molecule has 0 saturated heterocycles. The first-order valence-corrected chi connectivity index (χ1v) is 10.4. The smallest absolute Gasteiger partial charge is 0.254 e. The minimum Gasteiger partial charge on any atom is -0.346 e. The third kappa shape index (κ3) is 4.28. The van der Waals surface area contributed by atoms with Gasteiger partial charge in [0.15, 0.2) is 0 Å². The number of nitrogens with zero attached hydrogens (tertiary/aromatic N) is 1. The molecule has 31 heavy (non-hydrogen) atoms. The van der Waals surface area contributed by atoms with Crippen LogP contribution in [0.15, 0.2) is 48.5 Å². The van der Waals surface area contributed by atoms with Crippen LogP contribution < -0.4 is 16.0 Å². The van der Waals surface area contributed by atoms with Gasteiger partial charge >= 0.3 is 0 Å². The zero-order chi connectivity index (χ0) is 22.0. The Bertz CT molecular complexity index is 1110. The maximum absolute atomic E-state index is 12.9. The summed E-state index contributed by atoms with van der Waals surface area (Å²) in [5, 5.41) is 8.39. The van der Waals surface area contributed by atoms with Crippen LogP contribution in [0.1, 0.15) is 48.9 Å². The van der Waals surface area contributed by atoms with E-state index in [1.165, 1.54) is 0 Å². The zero-order valence-corrected chi connectivity index (χ0v) is 17.4. The second kappa shape index (κ2) is 8.59. The van der Waals surface area contributed by atoms with E-state index in [-0.39, 0.29) is 30.2 Å². The number of aromatic amines is 1. The number of H-pyrrole nitrogens is 1. The van der Waals surface area contributed by atoms with Crippen LogP contribution in [0.5, 0.6) is 0 Å². The fraction of sp³-hybridized carbons (Fsp3) is 0.304. The highest BCUT2D eigenvalue weighted by atomic mass is 16.2. The minimum absolute atomic E-state index is 0.117. The largest absolute Gasteiger partial charge is 0.346 e. The molecule has 3 aromatic rings. The van der Waals surface area contributed by atoms with Gasteiger partial charge in [-0.15, -0.1) is 0 Å². The lowest BCUT2D eigenvalue weighted by Crippen LogP contribution is -2.45. The number of benzene rings is 2. The Balaban J connectivity index is 1.50. The fourth-order valence-electron chi connectivity index (χ4n) is 3.71. The number of hydrogen-bond donors (Lipinski definition) is 4. The second-order valence-electron chi connectivity index (χ2n) is 7.83. The van der Waals surface area contributed by atoms with Gasteiger partial charge in [-0.2, -0.15) is 0 Å². The summed E-state index contributed by atoms with van der Waals surface area (Å²) in [6.45, 7) is 4.08. The summed E-state index contributed by atoms with van der Waals surface area (Å²) >= 11 is 0. The van der Waals surface area contributed by atoms with Crippen LogP contribution in [0.25, 0.3) is 11.0 Å². The summed E-state index contributed by atoms with van der Waals surface area (Å²) in [5.74, 6) is -0.353. The molecule has 160 valence electrons. The molecule has 2 aromatic carbocycles. The Morgan fingerprint density at radius 1 is 1.13 bits per heavy atom. The molecule has 1 aliphatic heterocycles. The van der Waals surface area contributed by atoms with Crippen molar-refractivity contribution in [1.82, 2.24) is 20.6 Å². The van der Waals surface area contributed by atoms with Gasteiger partial charge in [0.25, 0.3) is 5.91 Å². The minimum atomic E-state index is -0.965. The summed E-state index contributed by atoms with van der Waals surface area (Å²) in [6.07, 6.45) is 0.663. The Labute approximate surface area is 179 Å². The van der Waals surface area contributed by atoms with E-state index in [1.807, 2.05) is 38.1 Å². The molecule has 0 unspecified atom stereocenters. The number of fused-ring (bicyclic) bond motifs is 2. The van der Waals surface area contributed by atoms with E-state index in [0.717, 1.165) is 17.5 Å². The number of hydrogen-bond acceptors (Lipinski definition) is 4. The monoisotopic (exact) mass is 419 g/mol. The van der Waals surface area contributed by atoms with Crippen molar-refractivity contribution in [3.05, 3.63) is 59.9 Å². The third-order valence-electron chi connectivity index (χ3n) is 5.67. The maximum atomic E-state index is 12.9. The van der Waals surface area contributed by atoms with E-state index in [4.69, 9.17) is 0 Å². The van der Waals surface area contributed by atoms with Crippen molar-refractivity contribution in [3.63, 3.8) is 0 Å². The first-order valence-electron chi connectivity index (χ1n) is 10.4. The lowest BCUT2D eigenvalue weighted by molar-refractivity contribution is -0.126. The van der Waals surface area contributed by atoms with Crippen molar-refractivity contribution in [2.75, 3.05) is 5.32 Å². The highest BCUT2D eigenvalue weighted by Crippen LogP contribution is 2.25. The van der Waals surface area contributed by atoms with Gasteiger partial charge in [-0.05, 0) is 30.2 Å². The third-order valence-corrected chi connectivity index (χ3v) is 5.67. The van der Waals surface area contributed by atoms with E-state index in [2.05, 4.69) is 25.9 Å². The number of para-hydroxylation sites is 3. The molecule has 0 fully saturated rings. The standard InChI is InChI=1S/C23H25N5O3/c1-3-13(2)20(21-24-16-10-6-7-11-17(16)25-21)28-19(29)12-18-23(31)26-15-9-5-4-8-14(15)22(30)27-18/h4-11,13,18,20H,3,12H2,1-2H3,(H,24,25)(H,26,31)(H,27,30)(H,28,29)/t13-,18+,20-/m0/s1. The number of amides is 3. The van der Waals surface area contributed by atoms with Crippen molar-refractivity contribution in [3.8, 4) is 0 Å². The molecule has 0 bridgehead atoms. The SMILES string of the molecule is CC[C@H](C)[C@H](NC(=O)C[C@H]1NC(=O)c2ccccc2NC1=O)c1nc2ccccc2[nH]1. The van der Waals surface area contributed by atoms with Crippen molar-refractivity contribution in [1.29, 1.82) is 0 Å². The molecule has 8 heteroatoms. The summed E-state index contributed by atoms with van der Waals surface area (Å²) in [5.41, 5.74) is 2.53. The zero-order valence-electron chi connectivity index (χ0n) is 17.4. The van der Waals surface area contributed by atoms with E-state index >= 15 is 0 Å². The van der Waals surface area contributed by atoms with Gasteiger partial charge in [-0.3, -0.25) is 14.4 Å². The molecule has 0 spiro atoms. The van der Waals surface area contributed by atoms with Crippen LogP contribution >= 0.6 is 0 Å². The average molecular weight is 419 g/mol. The molecule has 0 radical (unpaired) electrons. The van der Waals surface area contributed by atoms with Crippen LogP contribution in [0, 0.1) is 5.92 Å². The molecule has 3 atom stereocenters. The molecular formula is C23H25N5O3. The normalized spacial score (nSPS) is 17.8. The number of anilines is 1. The number of carbonyl (C=O) groups excluding carboxylic acids is 3. The quantitative estimate of drug-likeness (QED) is 0.492. The predicted octanol–water partition coefficient (Wildman–Crippen LogP) is 2.91. The number of carbonyl (C=O) groups is 3. The summed E-state index contributed by atoms with van der Waals surface area (Å²) in [6, 6.07) is 13.1. The summed E-state index contributed by atoms with van der Waals surface area (Å²) in [7, 11) is 0. The molecule has 2 heterocycles. The Morgan fingerprint density at radius 2 is 1.87 bits per heavy atom. The molecule has 4 rings (SSSR count). The molecule has 4 N–H and O–H groups in total. The van der Waals surface area contributed by atoms with Crippen molar-refractivity contribution in [2.45, 2.75) is 38.8 Å². The molecule has 3 amide bonds. The lowest BCUT2D eigenvalue weighted by atomic mass is 9.98. The topological polar surface area (TPSA) is 116 Å². The van der Waals surface area contributed by atoms with E-state index in [0.29, 0.717) is 17.1 Å². The van der Waals surface area contributed by atoms with Crippen LogP contribution in [0.4, 0.5) is 5.69 Å². The first-order chi connectivity index (χ1) is 15.0. The molecular weight excluding hydrogens is 394 g/mol. The summed E-state index contributed by atoms with van der Waals surface area (Å²) < 4.78 is 0. The molecule has 8 nitrogen and oxygen atoms in total. The van der Waals surface area contributed by atoms with Crippen LogP contribution in [-0.4, -0.2) is 33.7 Å². The number of aromatic nitrogens is 2. The predicted molar refractivity (Wildman–Crippen MR) is 117 cm³/mol. The first kappa shape index (κ1) is 20.6. The molecule has 1 aromatic heterocycles. The van der Waals surface area contributed by atoms with Gasteiger partial charge in [0, 0.05) is 0 Å². The maximum Gasteiger partial charge on any atom is 0.254 e. The van der Waals surface area contributed by atoms with Gasteiger partial charge in [0.05, 0.1) is 34.7 Å². The van der Waals surface area contributed by atoms with E-state index < -0.39 is 11.9 Å². The van der Waals surface area contributed by atoms with Crippen molar-refractivity contribution < 1.29 is 14.4 Å². The average Bonchev–Trinajstić information content (AvgIpc) is 3.15. The van der Waals surface area contributed by atoms with Gasteiger partial charge in [0.2, 0.25) is 11.8 Å². The van der Waals surface area contributed by atoms with Gasteiger partial charge in [-0.25, -0.2) is 4.98 Å². The summed E-state index contributed by atoms with van der Waals surface area (Å²) in [4.78, 5) is 45.9. The van der Waals surface area contributed by atoms with Gasteiger partial charge < -0.3 is 20.9 Å². The number of imidazole rings is 1. The molecule has 0 saturated carbocycles. The second-order valence-corrected chi connectivity index (χ2v) is 7.83. The van der Waals surface area contributed by atoms with Crippen LogP contribution in [-0.2, 0) is 9.59 Å². The van der Waals surface area contributed by atoms with E-state index in [9.17, 15) is 14.4 Å². The number of rotatable bonds is 6. The van der Waals surface area contributed by atoms with Crippen molar-refractivity contribution >= 4 is 34.4 Å². The molecule has 0 aliphatic carbocycles. The van der Waals surface area contributed by atoms with Gasteiger partial charge in [0.1, 0.15) is 11.9 Å². The van der Waals surface area contributed by atoms with Crippen molar-refractivity contribution in [2.24, 2.45) is 5.92 Å². The fourth-order valence-corrected chi connectivity index (χ4v) is 3.71. The van der Waals surface area contributed by atoms with Crippen LogP contribution in [0.2, 0.25) is 0 Å².